The summed E-state index contributed by atoms with van der Waals surface area (Å²) in [6.07, 6.45) is 11.4. The summed E-state index contributed by atoms with van der Waals surface area (Å²) in [5.41, 5.74) is 0. The number of rotatable bonds is 4. The summed E-state index contributed by atoms with van der Waals surface area (Å²) in [5, 5.41) is 6.62. The SMILES string of the molecule is CC1CCCC1NCC(=O)NC1CCCCCC1. The summed E-state index contributed by atoms with van der Waals surface area (Å²) in [6.45, 7) is 2.79. The Balaban J connectivity index is 1.64. The van der Waals surface area contributed by atoms with Crippen molar-refractivity contribution in [3.05, 3.63) is 0 Å². The molecule has 18 heavy (non-hydrogen) atoms. The topological polar surface area (TPSA) is 41.1 Å². The smallest absolute Gasteiger partial charge is 0.234 e. The molecule has 0 heterocycles. The van der Waals surface area contributed by atoms with Crippen LogP contribution in [0, 0.1) is 5.92 Å². The van der Waals surface area contributed by atoms with Crippen molar-refractivity contribution in [2.75, 3.05) is 6.54 Å². The molecule has 2 aliphatic rings. The normalized spacial score (nSPS) is 30.1. The van der Waals surface area contributed by atoms with Gasteiger partial charge in [-0.05, 0) is 31.6 Å². The van der Waals surface area contributed by atoms with Gasteiger partial charge in [-0.2, -0.15) is 0 Å². The summed E-state index contributed by atoms with van der Waals surface area (Å²) >= 11 is 0. The molecular weight excluding hydrogens is 224 g/mol. The van der Waals surface area contributed by atoms with Crippen LogP contribution in [0.25, 0.3) is 0 Å². The molecule has 2 rings (SSSR count). The van der Waals surface area contributed by atoms with E-state index in [4.69, 9.17) is 0 Å². The molecule has 2 N–H and O–H groups in total. The van der Waals surface area contributed by atoms with E-state index in [1.54, 1.807) is 0 Å². The van der Waals surface area contributed by atoms with Gasteiger partial charge in [0.25, 0.3) is 0 Å². The maximum atomic E-state index is 11.9. The first kappa shape index (κ1) is 13.9. The second-order valence-electron chi connectivity index (χ2n) is 6.15. The van der Waals surface area contributed by atoms with Crippen LogP contribution in [0.1, 0.15) is 64.7 Å². The Hall–Kier alpha value is -0.570. The average molecular weight is 252 g/mol. The molecule has 2 atom stereocenters. The van der Waals surface area contributed by atoms with Crippen LogP contribution in [0.2, 0.25) is 0 Å². The summed E-state index contributed by atoms with van der Waals surface area (Å²) in [5.74, 6) is 0.927. The number of hydrogen-bond donors (Lipinski definition) is 2. The van der Waals surface area contributed by atoms with Crippen LogP contribution in [-0.4, -0.2) is 24.5 Å². The summed E-state index contributed by atoms with van der Waals surface area (Å²) < 4.78 is 0. The standard InChI is InChI=1S/C15H28N2O/c1-12-7-6-10-14(12)16-11-15(18)17-13-8-4-2-3-5-9-13/h12-14,16H,2-11H2,1H3,(H,17,18). The zero-order valence-corrected chi connectivity index (χ0v) is 11.7. The van der Waals surface area contributed by atoms with Crippen LogP contribution < -0.4 is 10.6 Å². The van der Waals surface area contributed by atoms with E-state index < -0.39 is 0 Å². The van der Waals surface area contributed by atoms with Crippen molar-refractivity contribution in [3.8, 4) is 0 Å². The molecule has 0 aromatic carbocycles. The minimum Gasteiger partial charge on any atom is -0.352 e. The Bertz CT molecular complexity index is 259. The molecule has 2 unspecified atom stereocenters. The van der Waals surface area contributed by atoms with E-state index in [-0.39, 0.29) is 5.91 Å². The number of amides is 1. The van der Waals surface area contributed by atoms with Gasteiger partial charge in [0.15, 0.2) is 0 Å². The molecule has 0 aliphatic heterocycles. The van der Waals surface area contributed by atoms with E-state index in [0.29, 0.717) is 18.6 Å². The average Bonchev–Trinajstić information content (AvgIpc) is 2.61. The quantitative estimate of drug-likeness (QED) is 0.755. The molecule has 2 saturated carbocycles. The summed E-state index contributed by atoms with van der Waals surface area (Å²) in [7, 11) is 0. The van der Waals surface area contributed by atoms with Crippen molar-refractivity contribution >= 4 is 5.91 Å². The highest BCUT2D eigenvalue weighted by atomic mass is 16.1. The molecule has 1 amide bonds. The Morgan fingerprint density at radius 3 is 2.33 bits per heavy atom. The first-order chi connectivity index (χ1) is 8.75. The first-order valence-electron chi connectivity index (χ1n) is 7.78. The van der Waals surface area contributed by atoms with E-state index in [9.17, 15) is 4.79 Å². The van der Waals surface area contributed by atoms with Gasteiger partial charge >= 0.3 is 0 Å². The fraction of sp³-hybridized carbons (Fsp3) is 0.933. The van der Waals surface area contributed by atoms with E-state index >= 15 is 0 Å². The third-order valence-electron chi connectivity index (χ3n) is 4.61. The Labute approximate surface area is 111 Å². The Kier molecular flexibility index (Phi) is 5.48. The van der Waals surface area contributed by atoms with Crippen LogP contribution in [0.3, 0.4) is 0 Å². The van der Waals surface area contributed by atoms with Crippen molar-refractivity contribution < 1.29 is 4.79 Å². The van der Waals surface area contributed by atoms with Crippen LogP contribution in [0.5, 0.6) is 0 Å². The molecule has 0 aromatic rings. The molecule has 2 fully saturated rings. The van der Waals surface area contributed by atoms with Gasteiger partial charge in [-0.15, -0.1) is 0 Å². The molecule has 0 saturated heterocycles. The predicted molar refractivity (Wildman–Crippen MR) is 74.4 cm³/mol. The fourth-order valence-corrected chi connectivity index (χ4v) is 3.37. The lowest BCUT2D eigenvalue weighted by Gasteiger charge is -2.19. The number of hydrogen-bond acceptors (Lipinski definition) is 2. The fourth-order valence-electron chi connectivity index (χ4n) is 3.37. The van der Waals surface area contributed by atoms with Crippen molar-refractivity contribution in [3.63, 3.8) is 0 Å². The van der Waals surface area contributed by atoms with Gasteiger partial charge in [0.1, 0.15) is 0 Å². The van der Waals surface area contributed by atoms with Gasteiger partial charge in [0.05, 0.1) is 6.54 Å². The number of carbonyl (C=O) groups excluding carboxylic acids is 1. The van der Waals surface area contributed by atoms with E-state index in [1.165, 1.54) is 57.8 Å². The third kappa shape index (κ3) is 4.27. The molecule has 0 spiro atoms. The van der Waals surface area contributed by atoms with Crippen LogP contribution in [-0.2, 0) is 4.79 Å². The zero-order chi connectivity index (χ0) is 12.8. The lowest BCUT2D eigenvalue weighted by molar-refractivity contribution is -0.121. The highest BCUT2D eigenvalue weighted by Crippen LogP contribution is 2.24. The van der Waals surface area contributed by atoms with Gasteiger partial charge in [-0.3, -0.25) is 4.79 Å². The van der Waals surface area contributed by atoms with Crippen molar-refractivity contribution in [1.82, 2.24) is 10.6 Å². The van der Waals surface area contributed by atoms with Crippen LogP contribution in [0.4, 0.5) is 0 Å². The zero-order valence-electron chi connectivity index (χ0n) is 11.7. The minimum atomic E-state index is 0.195. The van der Waals surface area contributed by atoms with Gasteiger partial charge in [0.2, 0.25) is 5.91 Å². The lowest BCUT2D eigenvalue weighted by atomic mass is 10.1. The molecule has 0 aromatic heterocycles. The maximum absolute atomic E-state index is 11.9. The second-order valence-corrected chi connectivity index (χ2v) is 6.15. The molecule has 2 aliphatic carbocycles. The molecule has 0 radical (unpaired) electrons. The number of nitrogens with one attached hydrogen (secondary N) is 2. The first-order valence-corrected chi connectivity index (χ1v) is 7.78. The van der Waals surface area contributed by atoms with Gasteiger partial charge < -0.3 is 10.6 Å². The van der Waals surface area contributed by atoms with Crippen LogP contribution in [0.15, 0.2) is 0 Å². The highest BCUT2D eigenvalue weighted by molar-refractivity contribution is 5.78. The molecule has 3 heteroatoms. The van der Waals surface area contributed by atoms with E-state index in [0.717, 1.165) is 5.92 Å². The summed E-state index contributed by atoms with van der Waals surface area (Å²) in [4.78, 5) is 11.9. The van der Waals surface area contributed by atoms with Crippen molar-refractivity contribution in [1.29, 1.82) is 0 Å². The van der Waals surface area contributed by atoms with Gasteiger partial charge in [-0.1, -0.05) is 39.0 Å². The molecule has 0 bridgehead atoms. The second kappa shape index (κ2) is 7.13. The predicted octanol–water partition coefficient (Wildman–Crippen LogP) is 2.60. The molecular formula is C15H28N2O. The van der Waals surface area contributed by atoms with Gasteiger partial charge in [0, 0.05) is 12.1 Å². The van der Waals surface area contributed by atoms with Crippen molar-refractivity contribution in [2.24, 2.45) is 5.92 Å². The summed E-state index contributed by atoms with van der Waals surface area (Å²) in [6, 6.07) is 0.993. The largest absolute Gasteiger partial charge is 0.352 e. The molecule has 3 nitrogen and oxygen atoms in total. The van der Waals surface area contributed by atoms with Crippen molar-refractivity contribution in [2.45, 2.75) is 76.8 Å². The highest BCUT2D eigenvalue weighted by Gasteiger charge is 2.23. The maximum Gasteiger partial charge on any atom is 0.234 e. The lowest BCUT2D eigenvalue weighted by Crippen LogP contribution is -2.43. The molecule has 104 valence electrons. The van der Waals surface area contributed by atoms with Crippen LogP contribution >= 0.6 is 0 Å². The van der Waals surface area contributed by atoms with E-state index in [2.05, 4.69) is 17.6 Å². The number of carbonyl (C=O) groups is 1. The monoisotopic (exact) mass is 252 g/mol. The minimum absolute atomic E-state index is 0.195. The van der Waals surface area contributed by atoms with E-state index in [1.807, 2.05) is 0 Å². The Morgan fingerprint density at radius 2 is 1.72 bits per heavy atom. The van der Waals surface area contributed by atoms with Gasteiger partial charge in [-0.25, -0.2) is 0 Å². The Morgan fingerprint density at radius 1 is 1.00 bits per heavy atom. The third-order valence-corrected chi connectivity index (χ3v) is 4.61.